The van der Waals surface area contributed by atoms with Crippen molar-refractivity contribution >= 4 is 11.9 Å². The average molecular weight is 212 g/mol. The van der Waals surface area contributed by atoms with Gasteiger partial charge in [-0.3, -0.25) is 9.59 Å². The molecule has 0 saturated carbocycles. The lowest BCUT2D eigenvalue weighted by Gasteiger charge is -2.20. The summed E-state index contributed by atoms with van der Waals surface area (Å²) in [4.78, 5) is 23.0. The zero-order valence-electron chi connectivity index (χ0n) is 8.51. The number of carbonyl (C=O) groups excluding carboxylic acids is 2. The molecular formula is C10H12O5. The summed E-state index contributed by atoms with van der Waals surface area (Å²) in [6, 6.07) is 0. The van der Waals surface area contributed by atoms with Crippen LogP contribution in [0.25, 0.3) is 0 Å². The van der Waals surface area contributed by atoms with Gasteiger partial charge in [-0.1, -0.05) is 12.2 Å². The van der Waals surface area contributed by atoms with Crippen LogP contribution in [-0.2, 0) is 23.8 Å². The predicted octanol–water partition coefficient (Wildman–Crippen LogP) is -0.0980. The quantitative estimate of drug-likeness (QED) is 0.472. The van der Waals surface area contributed by atoms with Crippen molar-refractivity contribution in [2.24, 2.45) is 11.8 Å². The van der Waals surface area contributed by atoms with Crippen molar-refractivity contribution in [1.82, 2.24) is 0 Å². The Bertz CT molecular complexity index is 292. The highest BCUT2D eigenvalue weighted by Gasteiger charge is 2.54. The summed E-state index contributed by atoms with van der Waals surface area (Å²) in [6.07, 6.45) is 2.86. The number of rotatable bonds is 2. The van der Waals surface area contributed by atoms with E-state index in [9.17, 15) is 9.59 Å². The van der Waals surface area contributed by atoms with Crippen molar-refractivity contribution < 1.29 is 23.8 Å². The fourth-order valence-electron chi connectivity index (χ4n) is 2.14. The van der Waals surface area contributed by atoms with Crippen LogP contribution in [0.5, 0.6) is 0 Å². The number of hydrogen-bond donors (Lipinski definition) is 0. The van der Waals surface area contributed by atoms with Crippen molar-refractivity contribution in [3.05, 3.63) is 12.2 Å². The van der Waals surface area contributed by atoms with Crippen molar-refractivity contribution in [2.75, 3.05) is 14.2 Å². The van der Waals surface area contributed by atoms with Gasteiger partial charge in [0.1, 0.15) is 11.8 Å². The van der Waals surface area contributed by atoms with E-state index < -0.39 is 23.8 Å². The largest absolute Gasteiger partial charge is 0.469 e. The van der Waals surface area contributed by atoms with Gasteiger partial charge in [-0.05, 0) is 0 Å². The Labute approximate surface area is 87.0 Å². The van der Waals surface area contributed by atoms with E-state index in [1.54, 1.807) is 12.2 Å². The SMILES string of the molecule is COC(=O)[C@@H]1[C@H](C(=O)OC)[C@H]2C=C[C@@H]1O2. The third kappa shape index (κ3) is 1.43. The average Bonchev–Trinajstić information content (AvgIpc) is 2.86. The smallest absolute Gasteiger partial charge is 0.312 e. The van der Waals surface area contributed by atoms with Crippen LogP contribution in [0.4, 0.5) is 0 Å². The number of carbonyl (C=O) groups is 2. The Morgan fingerprint density at radius 3 is 1.73 bits per heavy atom. The Morgan fingerprint density at radius 2 is 1.40 bits per heavy atom. The Morgan fingerprint density at radius 1 is 1.00 bits per heavy atom. The first-order chi connectivity index (χ1) is 7.19. The molecule has 1 saturated heterocycles. The van der Waals surface area contributed by atoms with E-state index in [1.807, 2.05) is 0 Å². The molecule has 0 amide bonds. The zero-order valence-corrected chi connectivity index (χ0v) is 8.51. The van der Waals surface area contributed by atoms with E-state index in [0.29, 0.717) is 0 Å². The van der Waals surface area contributed by atoms with Crippen LogP contribution < -0.4 is 0 Å². The molecule has 1 fully saturated rings. The third-order valence-corrected chi connectivity index (χ3v) is 2.85. The molecule has 0 spiro atoms. The molecule has 5 heteroatoms. The second-order valence-corrected chi connectivity index (χ2v) is 3.55. The van der Waals surface area contributed by atoms with Gasteiger partial charge in [0.2, 0.25) is 0 Å². The summed E-state index contributed by atoms with van der Waals surface area (Å²) in [5, 5.41) is 0. The standard InChI is InChI=1S/C10H12O5/c1-13-9(11)7-5-3-4-6(15-5)8(7)10(12)14-2/h3-8H,1-2H3/t5-,6+,7-,8+. The maximum Gasteiger partial charge on any atom is 0.312 e. The highest BCUT2D eigenvalue weighted by atomic mass is 16.6. The van der Waals surface area contributed by atoms with Gasteiger partial charge in [-0.15, -0.1) is 0 Å². The van der Waals surface area contributed by atoms with E-state index in [4.69, 9.17) is 4.74 Å². The summed E-state index contributed by atoms with van der Waals surface area (Å²) >= 11 is 0. The molecule has 0 aromatic rings. The number of ether oxygens (including phenoxy) is 3. The molecule has 5 nitrogen and oxygen atoms in total. The Balaban J connectivity index is 2.24. The maximum atomic E-state index is 11.5. The fraction of sp³-hybridized carbons (Fsp3) is 0.600. The molecule has 0 aromatic heterocycles. The van der Waals surface area contributed by atoms with Gasteiger partial charge in [-0.25, -0.2) is 0 Å². The van der Waals surface area contributed by atoms with Crippen LogP contribution in [0, 0.1) is 11.8 Å². The topological polar surface area (TPSA) is 61.8 Å². The van der Waals surface area contributed by atoms with Gasteiger partial charge in [0, 0.05) is 0 Å². The van der Waals surface area contributed by atoms with Gasteiger partial charge in [0.05, 0.1) is 26.4 Å². The molecular weight excluding hydrogens is 200 g/mol. The molecule has 2 bridgehead atoms. The van der Waals surface area contributed by atoms with Crippen LogP contribution in [0.1, 0.15) is 0 Å². The molecule has 2 aliphatic heterocycles. The first-order valence-corrected chi connectivity index (χ1v) is 4.68. The molecule has 0 unspecified atom stereocenters. The molecule has 15 heavy (non-hydrogen) atoms. The summed E-state index contributed by atoms with van der Waals surface area (Å²) in [6.45, 7) is 0. The summed E-state index contributed by atoms with van der Waals surface area (Å²) in [5.41, 5.74) is 0. The second kappa shape index (κ2) is 3.66. The Kier molecular flexibility index (Phi) is 2.48. The van der Waals surface area contributed by atoms with Gasteiger partial charge in [-0.2, -0.15) is 0 Å². The number of methoxy groups -OCH3 is 2. The molecule has 2 rings (SSSR count). The third-order valence-electron chi connectivity index (χ3n) is 2.85. The molecule has 82 valence electrons. The van der Waals surface area contributed by atoms with Crippen molar-refractivity contribution in [3.8, 4) is 0 Å². The zero-order chi connectivity index (χ0) is 11.0. The van der Waals surface area contributed by atoms with Crippen molar-refractivity contribution in [2.45, 2.75) is 12.2 Å². The van der Waals surface area contributed by atoms with Crippen molar-refractivity contribution in [1.29, 1.82) is 0 Å². The fourth-order valence-corrected chi connectivity index (χ4v) is 2.14. The Hall–Kier alpha value is -1.36. The minimum absolute atomic E-state index is 0.355. The van der Waals surface area contributed by atoms with E-state index in [0.717, 1.165) is 0 Å². The molecule has 0 N–H and O–H groups in total. The summed E-state index contributed by atoms with van der Waals surface area (Å²) in [5.74, 6) is -2.00. The van der Waals surface area contributed by atoms with Crippen LogP contribution in [-0.4, -0.2) is 38.4 Å². The van der Waals surface area contributed by atoms with Gasteiger partial charge in [0.25, 0.3) is 0 Å². The minimum atomic E-state index is -0.572. The van der Waals surface area contributed by atoms with E-state index in [2.05, 4.69) is 9.47 Å². The van der Waals surface area contributed by atoms with Crippen LogP contribution in [0.15, 0.2) is 12.2 Å². The number of hydrogen-bond acceptors (Lipinski definition) is 5. The lowest BCUT2D eigenvalue weighted by atomic mass is 9.83. The lowest BCUT2D eigenvalue weighted by Crippen LogP contribution is -2.37. The van der Waals surface area contributed by atoms with Gasteiger partial charge in [0.15, 0.2) is 0 Å². The first-order valence-electron chi connectivity index (χ1n) is 4.68. The summed E-state index contributed by atoms with van der Waals surface area (Å²) in [7, 11) is 2.60. The minimum Gasteiger partial charge on any atom is -0.469 e. The van der Waals surface area contributed by atoms with Gasteiger partial charge < -0.3 is 14.2 Å². The lowest BCUT2D eigenvalue weighted by molar-refractivity contribution is -0.156. The van der Waals surface area contributed by atoms with E-state index >= 15 is 0 Å². The highest BCUT2D eigenvalue weighted by Crippen LogP contribution is 2.40. The molecule has 0 aliphatic carbocycles. The molecule has 0 aromatic carbocycles. The second-order valence-electron chi connectivity index (χ2n) is 3.55. The molecule has 2 heterocycles. The van der Waals surface area contributed by atoms with E-state index in [1.165, 1.54) is 14.2 Å². The first kappa shape index (κ1) is 10.2. The highest BCUT2D eigenvalue weighted by molar-refractivity contribution is 5.84. The normalized spacial score (nSPS) is 36.7. The monoisotopic (exact) mass is 212 g/mol. The number of esters is 2. The van der Waals surface area contributed by atoms with Gasteiger partial charge >= 0.3 is 11.9 Å². The molecule has 2 aliphatic rings. The summed E-state index contributed by atoms with van der Waals surface area (Å²) < 4.78 is 14.7. The maximum absolute atomic E-state index is 11.5. The van der Waals surface area contributed by atoms with Crippen LogP contribution in [0.3, 0.4) is 0 Å². The van der Waals surface area contributed by atoms with Crippen molar-refractivity contribution in [3.63, 3.8) is 0 Å². The molecule has 0 radical (unpaired) electrons. The van der Waals surface area contributed by atoms with E-state index in [-0.39, 0.29) is 12.2 Å². The number of fused-ring (bicyclic) bond motifs is 2. The molecule has 4 atom stereocenters. The van der Waals surface area contributed by atoms with Crippen LogP contribution in [0.2, 0.25) is 0 Å². The predicted molar refractivity (Wildman–Crippen MR) is 48.8 cm³/mol. The van der Waals surface area contributed by atoms with Crippen LogP contribution >= 0.6 is 0 Å².